The number of rotatable bonds is 6. The van der Waals surface area contributed by atoms with Crippen LogP contribution >= 0.6 is 23.5 Å². The summed E-state index contributed by atoms with van der Waals surface area (Å²) in [6.07, 6.45) is -0.177. The summed E-state index contributed by atoms with van der Waals surface area (Å²) < 4.78 is 4.73. The Balaban J connectivity index is 2.17. The van der Waals surface area contributed by atoms with Crippen molar-refractivity contribution in [2.45, 2.75) is 24.6 Å². The lowest BCUT2D eigenvalue weighted by Crippen LogP contribution is -2.46. The van der Waals surface area contributed by atoms with Gasteiger partial charge in [0.05, 0.1) is 29.9 Å². The van der Waals surface area contributed by atoms with E-state index in [-0.39, 0.29) is 17.3 Å². The van der Waals surface area contributed by atoms with Gasteiger partial charge in [-0.05, 0) is 12.1 Å². The van der Waals surface area contributed by atoms with Crippen molar-refractivity contribution in [1.29, 1.82) is 5.26 Å². The maximum absolute atomic E-state index is 12.9. The fourth-order valence-corrected chi connectivity index (χ4v) is 4.59. The summed E-state index contributed by atoms with van der Waals surface area (Å²) in [5, 5.41) is 7.62. The van der Waals surface area contributed by atoms with Crippen LogP contribution in [0.15, 0.2) is 24.3 Å². The molecule has 0 aromatic heterocycles. The number of hydrogen-bond donors (Lipinski definition) is 0. The van der Waals surface area contributed by atoms with Crippen LogP contribution in [0.5, 0.6) is 0 Å². The van der Waals surface area contributed by atoms with Crippen LogP contribution in [0.2, 0.25) is 0 Å². The van der Waals surface area contributed by atoms with Crippen molar-refractivity contribution in [1.82, 2.24) is 4.90 Å². The zero-order valence-corrected chi connectivity index (χ0v) is 16.5. The quantitative estimate of drug-likeness (QED) is 0.521. The monoisotopic (exact) mass is 406 g/mol. The van der Waals surface area contributed by atoms with E-state index >= 15 is 0 Å². The molecule has 1 aliphatic rings. The van der Waals surface area contributed by atoms with Crippen LogP contribution in [0.4, 0.5) is 0 Å². The lowest BCUT2D eigenvalue weighted by atomic mass is 10.0. The molecule has 27 heavy (non-hydrogen) atoms. The number of carbonyl (C=O) groups is 4. The second-order valence-corrected chi connectivity index (χ2v) is 8.14. The third kappa shape index (κ3) is 5.34. The van der Waals surface area contributed by atoms with Gasteiger partial charge in [-0.3, -0.25) is 14.4 Å². The van der Waals surface area contributed by atoms with Crippen molar-refractivity contribution in [2.75, 3.05) is 18.7 Å². The molecule has 0 N–H and O–H groups in total. The van der Waals surface area contributed by atoms with Crippen LogP contribution in [0.1, 0.15) is 29.3 Å². The molecule has 7 nitrogen and oxygen atoms in total. The number of ketones is 1. The number of ether oxygens (including phenoxy) is 1. The molecule has 0 radical (unpaired) electrons. The van der Waals surface area contributed by atoms with Gasteiger partial charge in [0.15, 0.2) is 10.9 Å². The number of benzene rings is 1. The molecule has 1 saturated heterocycles. The Kier molecular flexibility index (Phi) is 7.45. The summed E-state index contributed by atoms with van der Waals surface area (Å²) in [5.41, 5.74) is 0.781. The van der Waals surface area contributed by atoms with Gasteiger partial charge < -0.3 is 9.64 Å². The Bertz CT molecular complexity index is 788. The van der Waals surface area contributed by atoms with Gasteiger partial charge in [0, 0.05) is 24.7 Å². The maximum Gasteiger partial charge on any atom is 0.329 e. The molecule has 1 unspecified atom stereocenters. The molecule has 1 heterocycles. The van der Waals surface area contributed by atoms with E-state index in [0.717, 1.165) is 11.8 Å². The highest BCUT2D eigenvalue weighted by molar-refractivity contribution is 8.14. The minimum Gasteiger partial charge on any atom is -0.467 e. The van der Waals surface area contributed by atoms with Gasteiger partial charge in [-0.2, -0.15) is 5.26 Å². The molecular formula is C18H18N2O5S2. The Hall–Kier alpha value is -2.31. The van der Waals surface area contributed by atoms with Crippen LogP contribution in [-0.4, -0.2) is 57.7 Å². The largest absolute Gasteiger partial charge is 0.467 e. The lowest BCUT2D eigenvalue weighted by Gasteiger charge is -2.25. The zero-order valence-electron chi connectivity index (χ0n) is 14.8. The summed E-state index contributed by atoms with van der Waals surface area (Å²) >= 11 is 2.19. The van der Waals surface area contributed by atoms with Gasteiger partial charge in [-0.1, -0.05) is 23.9 Å². The summed E-state index contributed by atoms with van der Waals surface area (Å²) in [5.74, 6) is -0.540. The topological polar surface area (TPSA) is 105 Å². The number of nitrogens with zero attached hydrogens (tertiary/aromatic N) is 2. The number of amides is 1. The SMILES string of the molecule is COC(=O)[C@@H]1CSCN1C(=O)C(CC(=O)c1ccc(C#N)cc1)SC(C)=O. The van der Waals surface area contributed by atoms with Crippen molar-refractivity contribution in [3.63, 3.8) is 0 Å². The van der Waals surface area contributed by atoms with Crippen molar-refractivity contribution in [3.8, 4) is 6.07 Å². The van der Waals surface area contributed by atoms with E-state index in [9.17, 15) is 19.2 Å². The fourth-order valence-electron chi connectivity index (χ4n) is 2.57. The standard InChI is InChI=1S/C18H18N2O5S2/c1-11(21)27-16(7-15(22)13-5-3-12(8-19)4-6-13)17(23)20-10-26-9-14(20)18(24)25-2/h3-6,14,16H,7,9-10H2,1-2H3/t14-,16?/m0/s1. The predicted octanol–water partition coefficient (Wildman–Crippen LogP) is 1.85. The minimum atomic E-state index is -0.920. The van der Waals surface area contributed by atoms with E-state index in [1.54, 1.807) is 0 Å². The summed E-state index contributed by atoms with van der Waals surface area (Å²) in [7, 11) is 1.25. The summed E-state index contributed by atoms with van der Waals surface area (Å²) in [4.78, 5) is 50.3. The second-order valence-electron chi connectivity index (χ2n) is 5.76. The first-order chi connectivity index (χ1) is 12.9. The van der Waals surface area contributed by atoms with Crippen molar-refractivity contribution in [3.05, 3.63) is 35.4 Å². The van der Waals surface area contributed by atoms with Crippen LogP contribution in [-0.2, 0) is 19.1 Å². The molecule has 1 aliphatic heterocycles. The van der Waals surface area contributed by atoms with Crippen molar-refractivity contribution in [2.24, 2.45) is 0 Å². The predicted molar refractivity (Wildman–Crippen MR) is 102 cm³/mol. The maximum atomic E-state index is 12.9. The Labute approximate surface area is 165 Å². The summed E-state index contributed by atoms with van der Waals surface area (Å²) in [6.45, 7) is 1.33. The molecule has 0 spiro atoms. The van der Waals surface area contributed by atoms with Crippen LogP contribution in [0, 0.1) is 11.3 Å². The van der Waals surface area contributed by atoms with Crippen molar-refractivity contribution < 1.29 is 23.9 Å². The van der Waals surface area contributed by atoms with Crippen LogP contribution < -0.4 is 0 Å². The fraction of sp³-hybridized carbons (Fsp3) is 0.389. The summed E-state index contributed by atoms with van der Waals surface area (Å²) in [6, 6.07) is 7.33. The highest BCUT2D eigenvalue weighted by atomic mass is 32.2. The number of nitriles is 1. The number of thioether (sulfide) groups is 2. The molecular weight excluding hydrogens is 388 g/mol. The zero-order chi connectivity index (χ0) is 20.0. The molecule has 1 aromatic carbocycles. The normalized spacial score (nSPS) is 17.1. The molecule has 9 heteroatoms. The van der Waals surface area contributed by atoms with E-state index in [4.69, 9.17) is 10.00 Å². The van der Waals surface area contributed by atoms with Crippen LogP contribution in [0.3, 0.4) is 0 Å². The third-order valence-electron chi connectivity index (χ3n) is 3.93. The Morgan fingerprint density at radius 3 is 2.56 bits per heavy atom. The molecule has 0 bridgehead atoms. The number of carbonyl (C=O) groups excluding carboxylic acids is 4. The van der Waals surface area contributed by atoms with Crippen LogP contribution in [0.25, 0.3) is 0 Å². The van der Waals surface area contributed by atoms with Gasteiger partial charge in [0.2, 0.25) is 5.91 Å². The molecule has 1 amide bonds. The van der Waals surface area contributed by atoms with E-state index in [0.29, 0.717) is 22.8 Å². The first kappa shape index (κ1) is 21.0. The first-order valence-electron chi connectivity index (χ1n) is 8.04. The van der Waals surface area contributed by atoms with Gasteiger partial charge in [-0.25, -0.2) is 4.79 Å². The van der Waals surface area contributed by atoms with E-state index in [1.165, 1.54) is 55.0 Å². The van der Waals surface area contributed by atoms with E-state index < -0.39 is 23.2 Å². The molecule has 1 fully saturated rings. The minimum absolute atomic E-state index is 0.177. The smallest absolute Gasteiger partial charge is 0.329 e. The number of methoxy groups -OCH3 is 1. The molecule has 2 rings (SSSR count). The number of hydrogen-bond acceptors (Lipinski definition) is 8. The van der Waals surface area contributed by atoms with Gasteiger partial charge >= 0.3 is 5.97 Å². The average Bonchev–Trinajstić information content (AvgIpc) is 3.15. The highest BCUT2D eigenvalue weighted by Crippen LogP contribution is 2.28. The second kappa shape index (κ2) is 9.58. The number of esters is 1. The average molecular weight is 406 g/mol. The molecule has 0 aliphatic carbocycles. The van der Waals surface area contributed by atoms with Crippen molar-refractivity contribution >= 4 is 46.3 Å². The molecule has 0 saturated carbocycles. The molecule has 2 atom stereocenters. The lowest BCUT2D eigenvalue weighted by molar-refractivity contribution is -0.150. The van der Waals surface area contributed by atoms with E-state index in [1.807, 2.05) is 6.07 Å². The highest BCUT2D eigenvalue weighted by Gasteiger charge is 2.39. The third-order valence-corrected chi connectivity index (χ3v) is 5.93. The van der Waals surface area contributed by atoms with E-state index in [2.05, 4.69) is 0 Å². The first-order valence-corrected chi connectivity index (χ1v) is 10.1. The number of Topliss-reactive ketones (excluding diaryl/α,β-unsaturated/α-hetero) is 1. The van der Waals surface area contributed by atoms with Gasteiger partial charge in [-0.15, -0.1) is 11.8 Å². The van der Waals surface area contributed by atoms with Gasteiger partial charge in [0.25, 0.3) is 0 Å². The Morgan fingerprint density at radius 1 is 1.33 bits per heavy atom. The molecule has 142 valence electrons. The molecule has 1 aromatic rings. The Morgan fingerprint density at radius 2 is 2.00 bits per heavy atom. The van der Waals surface area contributed by atoms with Gasteiger partial charge in [0.1, 0.15) is 6.04 Å².